The number of Topliss-reactive ketones (excluding diaryl/α,β-unsaturated/α-hetero) is 1. The number of ether oxygens (including phenoxy) is 1. The van der Waals surface area contributed by atoms with E-state index in [9.17, 15) is 36.7 Å². The number of carboxylic acid groups (broad SMARTS) is 1. The number of carbonyl (C=O) groups excluding carboxylic acids is 2. The first-order valence-electron chi connectivity index (χ1n) is 11.9. The smallest absolute Gasteiger partial charge is 0.415 e. The number of para-hydroxylation sites is 3. The summed E-state index contributed by atoms with van der Waals surface area (Å²) in [5, 5.41) is 11.9. The highest BCUT2D eigenvalue weighted by Gasteiger charge is 2.31. The molecule has 0 aliphatic heterocycles. The first kappa shape index (κ1) is 29.5. The summed E-state index contributed by atoms with van der Waals surface area (Å²) in [5.41, 5.74) is 0.742. The van der Waals surface area contributed by atoms with Gasteiger partial charge in [-0.1, -0.05) is 50.1 Å². The van der Waals surface area contributed by atoms with Crippen molar-refractivity contribution < 1.29 is 45.8 Å². The summed E-state index contributed by atoms with van der Waals surface area (Å²) in [6, 6.07) is 9.56. The summed E-state index contributed by atoms with van der Waals surface area (Å²) in [7, 11) is -4.07. The van der Waals surface area contributed by atoms with Crippen LogP contribution in [0.4, 0.5) is 18.4 Å². The summed E-state index contributed by atoms with van der Waals surface area (Å²) in [6.07, 6.45) is -0.400. The van der Waals surface area contributed by atoms with Gasteiger partial charge in [-0.15, -0.1) is 0 Å². The van der Waals surface area contributed by atoms with Crippen molar-refractivity contribution in [2.75, 3.05) is 12.3 Å². The van der Waals surface area contributed by atoms with Gasteiger partial charge in [-0.25, -0.2) is 27.9 Å². The maximum Gasteiger partial charge on any atom is 0.415 e. The lowest BCUT2D eigenvalue weighted by atomic mass is 10.1. The fourth-order valence-corrected chi connectivity index (χ4v) is 5.01. The lowest BCUT2D eigenvalue weighted by molar-refractivity contribution is -0.0503. The van der Waals surface area contributed by atoms with E-state index in [0.717, 1.165) is 0 Å². The normalized spacial score (nSPS) is 12.3. The Kier molecular flexibility index (Phi) is 9.93. The lowest BCUT2D eigenvalue weighted by Gasteiger charge is -2.22. The molecule has 11 nitrogen and oxygen atoms in total. The molecule has 3 amide bonds. The number of sulfone groups is 1. The minimum absolute atomic E-state index is 0.0484. The Balaban J connectivity index is 1.71. The monoisotopic (exact) mass is 567 g/mol. The van der Waals surface area contributed by atoms with Gasteiger partial charge in [-0.2, -0.15) is 8.78 Å². The molecule has 1 heterocycles. The third kappa shape index (κ3) is 8.21. The molecule has 39 heavy (non-hydrogen) atoms. The van der Waals surface area contributed by atoms with Crippen LogP contribution < -0.4 is 10.1 Å². The number of carbonyl (C=O) groups is 3. The third-order valence-electron chi connectivity index (χ3n) is 5.63. The molecular weight excluding hydrogens is 540 g/mol. The molecule has 0 radical (unpaired) electrons. The van der Waals surface area contributed by atoms with Crippen LogP contribution in [-0.2, 0) is 15.6 Å². The van der Waals surface area contributed by atoms with Crippen LogP contribution in [0.25, 0.3) is 11.1 Å². The first-order chi connectivity index (χ1) is 18.5. The average molecular weight is 568 g/mol. The Bertz CT molecular complexity index is 1390. The maximum atomic E-state index is 13.1. The Labute approximate surface area is 222 Å². The Morgan fingerprint density at radius 3 is 2.49 bits per heavy atom. The van der Waals surface area contributed by atoms with Crippen LogP contribution in [0.2, 0.25) is 0 Å². The predicted molar refractivity (Wildman–Crippen MR) is 135 cm³/mol. The number of benzene rings is 2. The zero-order valence-corrected chi connectivity index (χ0v) is 21.7. The van der Waals surface area contributed by atoms with Gasteiger partial charge in [0, 0.05) is 12.1 Å². The van der Waals surface area contributed by atoms with Crippen LogP contribution in [0.1, 0.15) is 42.4 Å². The van der Waals surface area contributed by atoms with Gasteiger partial charge in [0.15, 0.2) is 15.4 Å². The quantitative estimate of drug-likeness (QED) is 0.284. The second-order valence-electron chi connectivity index (χ2n) is 8.51. The van der Waals surface area contributed by atoms with Crippen LogP contribution >= 0.6 is 0 Å². The van der Waals surface area contributed by atoms with Gasteiger partial charge in [0.1, 0.15) is 11.3 Å². The van der Waals surface area contributed by atoms with E-state index in [1.54, 1.807) is 24.3 Å². The van der Waals surface area contributed by atoms with Crippen molar-refractivity contribution in [3.8, 4) is 5.75 Å². The summed E-state index contributed by atoms with van der Waals surface area (Å²) < 4.78 is 60.4. The molecule has 210 valence electrons. The number of hydrogen-bond donors (Lipinski definition) is 2. The molecule has 1 atom stereocenters. The molecule has 2 N–H and O–H groups in total. The van der Waals surface area contributed by atoms with E-state index < -0.39 is 58.4 Å². The number of imide groups is 1. The molecule has 0 saturated heterocycles. The Morgan fingerprint density at radius 1 is 1.13 bits per heavy atom. The molecule has 0 aliphatic carbocycles. The molecule has 0 aliphatic rings. The highest BCUT2D eigenvalue weighted by molar-refractivity contribution is 7.90. The molecule has 2 aromatic carbocycles. The van der Waals surface area contributed by atoms with Gasteiger partial charge >= 0.3 is 18.7 Å². The number of oxazole rings is 1. The number of unbranched alkanes of at least 4 members (excludes halogenated alkanes) is 1. The van der Waals surface area contributed by atoms with E-state index in [1.807, 2.05) is 6.92 Å². The zero-order chi connectivity index (χ0) is 28.6. The van der Waals surface area contributed by atoms with Gasteiger partial charge in [-0.3, -0.25) is 4.79 Å². The number of ketones is 1. The van der Waals surface area contributed by atoms with E-state index in [1.165, 1.54) is 24.3 Å². The van der Waals surface area contributed by atoms with Gasteiger partial charge in [0.25, 0.3) is 5.89 Å². The summed E-state index contributed by atoms with van der Waals surface area (Å²) in [6.45, 7) is -2.07. The van der Waals surface area contributed by atoms with E-state index in [0.29, 0.717) is 23.9 Å². The lowest BCUT2D eigenvalue weighted by Crippen LogP contribution is -2.51. The van der Waals surface area contributed by atoms with Gasteiger partial charge in [0.2, 0.25) is 5.78 Å². The van der Waals surface area contributed by atoms with Crippen LogP contribution in [-0.4, -0.2) is 66.3 Å². The second kappa shape index (κ2) is 13.1. The highest BCUT2D eigenvalue weighted by Crippen LogP contribution is 2.23. The molecule has 0 fully saturated rings. The fourth-order valence-electron chi connectivity index (χ4n) is 3.69. The second-order valence-corrected chi connectivity index (χ2v) is 10.7. The summed E-state index contributed by atoms with van der Waals surface area (Å²) >= 11 is 0. The number of amides is 3. The van der Waals surface area contributed by atoms with Crippen molar-refractivity contribution in [2.24, 2.45) is 0 Å². The van der Waals surface area contributed by atoms with Crippen LogP contribution in [0, 0.1) is 0 Å². The van der Waals surface area contributed by atoms with Crippen molar-refractivity contribution in [1.29, 1.82) is 0 Å². The number of aromatic nitrogens is 1. The van der Waals surface area contributed by atoms with Crippen LogP contribution in [0.5, 0.6) is 5.75 Å². The largest absolute Gasteiger partial charge is 0.465 e. The SMILES string of the molecule is CCCC[C@H](NC(=O)N(CCS(=O)(=O)Cc1ccccc1OC(F)F)C(=O)O)C(=O)c1nc2ccccc2o1. The van der Waals surface area contributed by atoms with Crippen LogP contribution in [0.3, 0.4) is 0 Å². The van der Waals surface area contributed by atoms with Crippen molar-refractivity contribution in [1.82, 2.24) is 15.2 Å². The Morgan fingerprint density at radius 2 is 1.82 bits per heavy atom. The Hall–Kier alpha value is -4.07. The van der Waals surface area contributed by atoms with Crippen molar-refractivity contribution in [3.63, 3.8) is 0 Å². The number of urea groups is 1. The maximum absolute atomic E-state index is 13.1. The number of nitrogens with zero attached hydrogens (tertiary/aromatic N) is 2. The zero-order valence-electron chi connectivity index (χ0n) is 20.9. The number of fused-ring (bicyclic) bond motifs is 1. The van der Waals surface area contributed by atoms with Gasteiger partial charge in [0.05, 0.1) is 17.5 Å². The molecule has 1 aromatic heterocycles. The molecule has 0 saturated carbocycles. The number of hydrogen-bond acceptors (Lipinski definition) is 8. The molecule has 14 heteroatoms. The standard InChI is InChI=1S/C25H27F2N3O8S/c1-2-3-9-18(21(31)22-28-17-10-5-7-12-20(17)37-22)29-24(32)30(25(33)34)13-14-39(35,36)15-16-8-4-6-11-19(16)38-23(26)27/h4-8,10-12,18,23H,2-3,9,13-15H2,1H3,(H,29,32)(H,33,34)/t18-/m0/s1. The number of rotatable bonds is 13. The molecule has 3 aromatic rings. The van der Waals surface area contributed by atoms with Gasteiger partial charge < -0.3 is 19.6 Å². The molecule has 3 rings (SSSR count). The topological polar surface area (TPSA) is 156 Å². The number of nitrogens with one attached hydrogen (secondary N) is 1. The fraction of sp³-hybridized carbons (Fsp3) is 0.360. The van der Waals surface area contributed by atoms with E-state index >= 15 is 0 Å². The average Bonchev–Trinajstić information content (AvgIpc) is 3.31. The summed E-state index contributed by atoms with van der Waals surface area (Å²) in [4.78, 5) is 42.1. The van der Waals surface area contributed by atoms with Crippen molar-refractivity contribution in [2.45, 2.75) is 44.6 Å². The molecular formula is C25H27F2N3O8S. The third-order valence-corrected chi connectivity index (χ3v) is 7.19. The number of halogens is 2. The first-order valence-corrected chi connectivity index (χ1v) is 13.8. The van der Waals surface area contributed by atoms with Crippen molar-refractivity contribution in [3.05, 3.63) is 60.0 Å². The predicted octanol–water partition coefficient (Wildman–Crippen LogP) is 4.48. The molecule has 0 spiro atoms. The highest BCUT2D eigenvalue weighted by atomic mass is 32.2. The molecule has 0 bridgehead atoms. The van der Waals surface area contributed by atoms with E-state index in [4.69, 9.17) is 4.42 Å². The number of alkyl halides is 2. The van der Waals surface area contributed by atoms with Crippen LogP contribution in [0.15, 0.2) is 52.9 Å². The van der Waals surface area contributed by atoms with E-state index in [-0.39, 0.29) is 28.5 Å². The minimum Gasteiger partial charge on any atom is -0.465 e. The van der Waals surface area contributed by atoms with Gasteiger partial charge in [-0.05, 0) is 24.6 Å². The van der Waals surface area contributed by atoms with Crippen molar-refractivity contribution >= 4 is 38.8 Å². The van der Waals surface area contributed by atoms with E-state index in [2.05, 4.69) is 15.0 Å². The minimum atomic E-state index is -4.07. The summed E-state index contributed by atoms with van der Waals surface area (Å²) in [5.74, 6) is -2.77. The molecule has 0 unspecified atom stereocenters.